The maximum absolute atomic E-state index is 12.5. The fraction of sp³-hybridized carbons (Fsp3) is 0.435. The van der Waals surface area contributed by atoms with E-state index in [1.165, 1.54) is 0 Å². The van der Waals surface area contributed by atoms with Crippen LogP contribution < -0.4 is 5.32 Å². The molecule has 1 N–H and O–H groups in total. The molecule has 0 aromatic carbocycles. The molecule has 0 aliphatic carbocycles. The molecule has 1 aliphatic heterocycles. The third kappa shape index (κ3) is 4.79. The molecule has 4 heterocycles. The van der Waals surface area contributed by atoms with Gasteiger partial charge in [0.1, 0.15) is 17.3 Å². The molecule has 0 unspecified atom stereocenters. The van der Waals surface area contributed by atoms with Gasteiger partial charge in [-0.3, -0.25) is 9.78 Å². The third-order valence-electron chi connectivity index (χ3n) is 5.86. The zero-order valence-electron chi connectivity index (χ0n) is 17.6. The highest BCUT2D eigenvalue weighted by molar-refractivity contribution is 6.03. The van der Waals surface area contributed by atoms with Crippen LogP contribution in [0.1, 0.15) is 60.0 Å². The number of carbonyl (C=O) groups excluding carboxylic acids is 1. The predicted octanol–water partition coefficient (Wildman–Crippen LogP) is 4.26. The van der Waals surface area contributed by atoms with Gasteiger partial charge in [0.25, 0.3) is 5.91 Å². The van der Waals surface area contributed by atoms with Crippen molar-refractivity contribution in [2.45, 2.75) is 45.1 Å². The van der Waals surface area contributed by atoms with E-state index in [9.17, 15) is 4.79 Å². The molecule has 7 nitrogen and oxygen atoms in total. The molecule has 3 aromatic rings. The minimum absolute atomic E-state index is 0.163. The number of anilines is 1. The largest absolute Gasteiger partial charge is 0.466 e. The van der Waals surface area contributed by atoms with Gasteiger partial charge in [0.2, 0.25) is 0 Å². The Labute approximate surface area is 177 Å². The Kier molecular flexibility index (Phi) is 6.28. The number of aryl methyl sites for hydroxylation is 1. The summed E-state index contributed by atoms with van der Waals surface area (Å²) in [6, 6.07) is 9.79. The first-order chi connectivity index (χ1) is 14.6. The van der Waals surface area contributed by atoms with Gasteiger partial charge in [-0.2, -0.15) is 5.10 Å². The van der Waals surface area contributed by atoms with Gasteiger partial charge >= 0.3 is 0 Å². The van der Waals surface area contributed by atoms with Crippen molar-refractivity contribution in [3.8, 4) is 0 Å². The number of nitrogens with zero attached hydrogens (tertiary/aromatic N) is 4. The number of pyridine rings is 1. The Balaban J connectivity index is 1.28. The molecule has 0 spiro atoms. The Bertz CT molecular complexity index is 957. The number of amides is 1. The second-order valence-electron chi connectivity index (χ2n) is 8.07. The lowest BCUT2D eigenvalue weighted by Gasteiger charge is -2.33. The van der Waals surface area contributed by atoms with Crippen LogP contribution in [0.2, 0.25) is 0 Å². The second-order valence-corrected chi connectivity index (χ2v) is 8.07. The van der Waals surface area contributed by atoms with Gasteiger partial charge in [0.15, 0.2) is 0 Å². The first-order valence-electron chi connectivity index (χ1n) is 10.6. The molecule has 7 heteroatoms. The molecule has 1 aliphatic rings. The topological polar surface area (TPSA) is 76.2 Å². The number of aromatic nitrogens is 3. The lowest BCUT2D eigenvalue weighted by atomic mass is 10.0. The lowest BCUT2D eigenvalue weighted by molar-refractivity contribution is 0.102. The van der Waals surface area contributed by atoms with Crippen molar-refractivity contribution in [3.63, 3.8) is 0 Å². The van der Waals surface area contributed by atoms with Crippen LogP contribution in [0.3, 0.4) is 0 Å². The van der Waals surface area contributed by atoms with E-state index in [0.717, 1.165) is 56.2 Å². The molecular formula is C23H29N5O2. The van der Waals surface area contributed by atoms with E-state index in [0.29, 0.717) is 17.5 Å². The fourth-order valence-corrected chi connectivity index (χ4v) is 4.01. The standard InChI is InChI=1S/C23H29N5O2/c1-17(21-6-5-18(2)30-21)8-13-27-14-9-20(10-15-27)28-22(7-12-25-28)26-23(29)19-4-3-11-24-16-19/h3-7,11-12,16-17,20H,8-10,13-15H2,1-2H3,(H,26,29)/t17-/m1/s1. The normalized spacial score (nSPS) is 16.5. The summed E-state index contributed by atoms with van der Waals surface area (Å²) < 4.78 is 7.72. The summed E-state index contributed by atoms with van der Waals surface area (Å²) in [5.41, 5.74) is 0.543. The molecule has 1 amide bonds. The number of hydrogen-bond acceptors (Lipinski definition) is 5. The average molecular weight is 408 g/mol. The van der Waals surface area contributed by atoms with Crippen LogP contribution in [0, 0.1) is 6.92 Å². The van der Waals surface area contributed by atoms with E-state index in [1.807, 2.05) is 23.7 Å². The van der Waals surface area contributed by atoms with Crippen molar-refractivity contribution in [1.29, 1.82) is 0 Å². The highest BCUT2D eigenvalue weighted by atomic mass is 16.3. The van der Waals surface area contributed by atoms with E-state index in [4.69, 9.17) is 4.42 Å². The summed E-state index contributed by atoms with van der Waals surface area (Å²) in [5, 5.41) is 7.46. The van der Waals surface area contributed by atoms with Gasteiger partial charge in [0.05, 0.1) is 17.8 Å². The van der Waals surface area contributed by atoms with Gasteiger partial charge in [0, 0.05) is 37.5 Å². The Hall–Kier alpha value is -2.93. The van der Waals surface area contributed by atoms with Crippen molar-refractivity contribution in [2.24, 2.45) is 0 Å². The van der Waals surface area contributed by atoms with Crippen LogP contribution >= 0.6 is 0 Å². The summed E-state index contributed by atoms with van der Waals surface area (Å²) in [4.78, 5) is 19.0. The van der Waals surface area contributed by atoms with Crippen molar-refractivity contribution < 1.29 is 9.21 Å². The number of piperidine rings is 1. The minimum Gasteiger partial charge on any atom is -0.466 e. The van der Waals surface area contributed by atoms with Gasteiger partial charge in [-0.1, -0.05) is 6.92 Å². The van der Waals surface area contributed by atoms with Crippen LogP contribution in [0.15, 0.2) is 53.3 Å². The molecule has 1 atom stereocenters. The minimum atomic E-state index is -0.163. The molecular weight excluding hydrogens is 378 g/mol. The number of carbonyl (C=O) groups is 1. The lowest BCUT2D eigenvalue weighted by Crippen LogP contribution is -2.36. The van der Waals surface area contributed by atoms with Crippen LogP contribution in [-0.2, 0) is 0 Å². The van der Waals surface area contributed by atoms with Crippen LogP contribution in [0.5, 0.6) is 0 Å². The number of furan rings is 1. The van der Waals surface area contributed by atoms with E-state index in [-0.39, 0.29) is 5.91 Å². The van der Waals surface area contributed by atoms with E-state index in [2.05, 4.69) is 33.3 Å². The summed E-state index contributed by atoms with van der Waals surface area (Å²) in [6.07, 6.45) is 8.10. The summed E-state index contributed by atoms with van der Waals surface area (Å²) in [7, 11) is 0. The number of nitrogens with one attached hydrogen (secondary N) is 1. The van der Waals surface area contributed by atoms with Gasteiger partial charge in [-0.15, -0.1) is 0 Å². The smallest absolute Gasteiger partial charge is 0.258 e. The van der Waals surface area contributed by atoms with Gasteiger partial charge in [-0.05, 0) is 57.0 Å². The van der Waals surface area contributed by atoms with Crippen molar-refractivity contribution in [3.05, 3.63) is 66.0 Å². The zero-order valence-corrected chi connectivity index (χ0v) is 17.6. The number of hydrogen-bond donors (Lipinski definition) is 1. The monoisotopic (exact) mass is 407 g/mol. The van der Waals surface area contributed by atoms with E-state index >= 15 is 0 Å². The Morgan fingerprint density at radius 3 is 2.77 bits per heavy atom. The van der Waals surface area contributed by atoms with Gasteiger partial charge < -0.3 is 14.6 Å². The second kappa shape index (κ2) is 9.26. The fourth-order valence-electron chi connectivity index (χ4n) is 4.01. The van der Waals surface area contributed by atoms with Crippen LogP contribution in [0.25, 0.3) is 0 Å². The summed E-state index contributed by atoms with van der Waals surface area (Å²) in [5.74, 6) is 3.06. The molecule has 158 valence electrons. The van der Waals surface area contributed by atoms with Crippen LogP contribution in [-0.4, -0.2) is 45.2 Å². The summed E-state index contributed by atoms with van der Waals surface area (Å²) >= 11 is 0. The Morgan fingerprint density at radius 1 is 1.23 bits per heavy atom. The molecule has 0 bridgehead atoms. The molecule has 3 aromatic heterocycles. The maximum atomic E-state index is 12.5. The van der Waals surface area contributed by atoms with Gasteiger partial charge in [-0.25, -0.2) is 4.68 Å². The SMILES string of the molecule is Cc1ccc([C@H](C)CCN2CCC(n3nccc3NC(=O)c3cccnc3)CC2)o1. The Morgan fingerprint density at radius 2 is 2.07 bits per heavy atom. The van der Waals surface area contributed by atoms with Crippen molar-refractivity contribution in [2.75, 3.05) is 25.0 Å². The molecule has 1 saturated heterocycles. The summed E-state index contributed by atoms with van der Waals surface area (Å²) in [6.45, 7) is 7.35. The average Bonchev–Trinajstić information content (AvgIpc) is 3.42. The molecule has 30 heavy (non-hydrogen) atoms. The molecule has 4 rings (SSSR count). The first-order valence-corrected chi connectivity index (χ1v) is 10.6. The highest BCUT2D eigenvalue weighted by Crippen LogP contribution is 2.27. The van der Waals surface area contributed by atoms with Crippen molar-refractivity contribution >= 4 is 11.7 Å². The molecule has 1 fully saturated rings. The quantitative estimate of drug-likeness (QED) is 0.633. The predicted molar refractivity (Wildman–Crippen MR) is 116 cm³/mol. The number of rotatable bonds is 7. The van der Waals surface area contributed by atoms with E-state index in [1.54, 1.807) is 30.7 Å². The van der Waals surface area contributed by atoms with E-state index < -0.39 is 0 Å². The number of likely N-dealkylation sites (tertiary alicyclic amines) is 1. The maximum Gasteiger partial charge on any atom is 0.258 e. The van der Waals surface area contributed by atoms with Crippen LogP contribution in [0.4, 0.5) is 5.82 Å². The first kappa shape index (κ1) is 20.3. The highest BCUT2D eigenvalue weighted by Gasteiger charge is 2.24. The van der Waals surface area contributed by atoms with Crippen molar-refractivity contribution in [1.82, 2.24) is 19.7 Å². The third-order valence-corrected chi connectivity index (χ3v) is 5.86. The zero-order chi connectivity index (χ0) is 20.9. The molecule has 0 radical (unpaired) electrons. The molecule has 0 saturated carbocycles.